The summed E-state index contributed by atoms with van der Waals surface area (Å²) in [6, 6.07) is 5.66. The summed E-state index contributed by atoms with van der Waals surface area (Å²) in [5.41, 5.74) is 7.34. The van der Waals surface area contributed by atoms with Crippen molar-refractivity contribution in [2.75, 3.05) is 11.4 Å². The number of aromatic nitrogens is 3. The minimum absolute atomic E-state index is 0.281. The molecule has 19 heavy (non-hydrogen) atoms. The second-order valence-electron chi connectivity index (χ2n) is 3.98. The number of hydrogen-bond acceptors (Lipinski definition) is 5. The standard InChI is InChI=1S/C13H15N5S/c1-2-18(9-10-3-6-15-7-4-10)13-16-8-5-11(17-13)12(14)19/h3-8H,2,9H2,1H3,(H2,14,19). The van der Waals surface area contributed by atoms with Crippen molar-refractivity contribution >= 4 is 23.2 Å². The molecule has 0 amide bonds. The Bertz CT molecular complexity index is 558. The molecule has 5 nitrogen and oxygen atoms in total. The van der Waals surface area contributed by atoms with E-state index in [0.717, 1.165) is 18.7 Å². The first kappa shape index (κ1) is 13.4. The quantitative estimate of drug-likeness (QED) is 0.833. The van der Waals surface area contributed by atoms with Crippen molar-refractivity contribution in [1.82, 2.24) is 15.0 Å². The van der Waals surface area contributed by atoms with E-state index in [4.69, 9.17) is 18.0 Å². The number of hydrogen-bond donors (Lipinski definition) is 1. The van der Waals surface area contributed by atoms with Crippen LogP contribution >= 0.6 is 12.2 Å². The summed E-state index contributed by atoms with van der Waals surface area (Å²) in [5.74, 6) is 0.629. The molecule has 2 N–H and O–H groups in total. The summed E-state index contributed by atoms with van der Waals surface area (Å²) in [6.07, 6.45) is 5.22. The van der Waals surface area contributed by atoms with Gasteiger partial charge in [0.15, 0.2) is 0 Å². The number of anilines is 1. The Morgan fingerprint density at radius 3 is 2.63 bits per heavy atom. The largest absolute Gasteiger partial charge is 0.388 e. The molecular formula is C13H15N5S. The van der Waals surface area contributed by atoms with Gasteiger partial charge in [0.25, 0.3) is 0 Å². The maximum atomic E-state index is 5.59. The van der Waals surface area contributed by atoms with Crippen molar-refractivity contribution in [2.45, 2.75) is 13.5 Å². The van der Waals surface area contributed by atoms with Crippen molar-refractivity contribution in [2.24, 2.45) is 5.73 Å². The lowest BCUT2D eigenvalue weighted by Gasteiger charge is -2.21. The average Bonchev–Trinajstić information content (AvgIpc) is 2.46. The van der Waals surface area contributed by atoms with Crippen LogP contribution in [0.25, 0.3) is 0 Å². The molecule has 0 atom stereocenters. The molecule has 2 heterocycles. The van der Waals surface area contributed by atoms with E-state index in [1.807, 2.05) is 12.1 Å². The van der Waals surface area contributed by atoms with E-state index in [-0.39, 0.29) is 4.99 Å². The predicted molar refractivity (Wildman–Crippen MR) is 78.9 cm³/mol. The monoisotopic (exact) mass is 273 g/mol. The molecule has 0 bridgehead atoms. The van der Waals surface area contributed by atoms with Gasteiger partial charge in [0.1, 0.15) is 10.7 Å². The molecule has 0 aliphatic rings. The van der Waals surface area contributed by atoms with Crippen molar-refractivity contribution in [3.8, 4) is 0 Å². The zero-order chi connectivity index (χ0) is 13.7. The van der Waals surface area contributed by atoms with Gasteiger partial charge >= 0.3 is 0 Å². The van der Waals surface area contributed by atoms with E-state index in [1.54, 1.807) is 24.7 Å². The Morgan fingerprint density at radius 1 is 1.26 bits per heavy atom. The minimum atomic E-state index is 0.281. The maximum Gasteiger partial charge on any atom is 0.226 e. The molecule has 2 aromatic rings. The summed E-state index contributed by atoms with van der Waals surface area (Å²) in [6.45, 7) is 3.57. The van der Waals surface area contributed by atoms with Crippen molar-refractivity contribution < 1.29 is 0 Å². The molecule has 0 radical (unpaired) electrons. The lowest BCUT2D eigenvalue weighted by Crippen LogP contribution is -2.25. The molecule has 0 saturated carbocycles. The van der Waals surface area contributed by atoms with Gasteiger partial charge in [-0.25, -0.2) is 9.97 Å². The fourth-order valence-electron chi connectivity index (χ4n) is 1.67. The molecule has 98 valence electrons. The highest BCUT2D eigenvalue weighted by Gasteiger charge is 2.09. The number of pyridine rings is 1. The van der Waals surface area contributed by atoms with Gasteiger partial charge in [-0.2, -0.15) is 0 Å². The Hall–Kier alpha value is -2.08. The average molecular weight is 273 g/mol. The van der Waals surface area contributed by atoms with Gasteiger partial charge in [0.2, 0.25) is 5.95 Å². The number of rotatable bonds is 5. The van der Waals surface area contributed by atoms with Crippen LogP contribution in [-0.2, 0) is 6.54 Å². The normalized spacial score (nSPS) is 10.2. The molecule has 0 aromatic carbocycles. The number of thiocarbonyl (C=S) groups is 1. The highest BCUT2D eigenvalue weighted by atomic mass is 32.1. The van der Waals surface area contributed by atoms with Crippen LogP contribution in [0.5, 0.6) is 0 Å². The zero-order valence-corrected chi connectivity index (χ0v) is 11.5. The summed E-state index contributed by atoms with van der Waals surface area (Å²) in [4.78, 5) is 15.0. The van der Waals surface area contributed by atoms with Gasteiger partial charge in [-0.3, -0.25) is 4.98 Å². The highest BCUT2D eigenvalue weighted by molar-refractivity contribution is 7.80. The van der Waals surface area contributed by atoms with Gasteiger partial charge in [-0.05, 0) is 30.7 Å². The molecular weight excluding hydrogens is 258 g/mol. The Morgan fingerprint density at radius 2 is 2.00 bits per heavy atom. The molecule has 0 unspecified atom stereocenters. The number of nitrogens with zero attached hydrogens (tertiary/aromatic N) is 4. The maximum absolute atomic E-state index is 5.59. The van der Waals surface area contributed by atoms with Crippen LogP contribution in [0.2, 0.25) is 0 Å². The highest BCUT2D eigenvalue weighted by Crippen LogP contribution is 2.11. The van der Waals surface area contributed by atoms with E-state index in [9.17, 15) is 0 Å². The smallest absolute Gasteiger partial charge is 0.226 e. The lowest BCUT2D eigenvalue weighted by molar-refractivity contribution is 0.789. The van der Waals surface area contributed by atoms with Crippen molar-refractivity contribution in [1.29, 1.82) is 0 Å². The lowest BCUT2D eigenvalue weighted by atomic mass is 10.2. The van der Waals surface area contributed by atoms with Gasteiger partial charge in [-0.1, -0.05) is 12.2 Å². The first-order valence-electron chi connectivity index (χ1n) is 5.97. The first-order chi connectivity index (χ1) is 9.20. The van der Waals surface area contributed by atoms with E-state index < -0.39 is 0 Å². The molecule has 0 saturated heterocycles. The fourth-order valence-corrected chi connectivity index (χ4v) is 1.78. The Balaban J connectivity index is 2.22. The van der Waals surface area contributed by atoms with Crippen molar-refractivity contribution in [3.05, 3.63) is 48.0 Å². The second-order valence-corrected chi connectivity index (χ2v) is 4.42. The van der Waals surface area contributed by atoms with Crippen LogP contribution in [0.1, 0.15) is 18.2 Å². The van der Waals surface area contributed by atoms with Crippen LogP contribution in [0.4, 0.5) is 5.95 Å². The molecule has 2 aromatic heterocycles. The molecule has 0 aliphatic carbocycles. The van der Waals surface area contributed by atoms with Gasteiger partial charge in [0.05, 0.1) is 0 Å². The Labute approximate surface area is 117 Å². The zero-order valence-electron chi connectivity index (χ0n) is 10.7. The molecule has 2 rings (SSSR count). The second kappa shape index (κ2) is 6.19. The van der Waals surface area contributed by atoms with E-state index >= 15 is 0 Å². The SMILES string of the molecule is CCN(Cc1ccncc1)c1nccc(C(N)=S)n1. The molecule has 6 heteroatoms. The molecule has 0 aliphatic heterocycles. The van der Waals surface area contributed by atoms with E-state index in [2.05, 4.69) is 26.8 Å². The van der Waals surface area contributed by atoms with Crippen LogP contribution in [0.15, 0.2) is 36.8 Å². The summed E-state index contributed by atoms with van der Waals surface area (Å²) in [5, 5.41) is 0. The third kappa shape index (κ3) is 3.45. The summed E-state index contributed by atoms with van der Waals surface area (Å²) in [7, 11) is 0. The van der Waals surface area contributed by atoms with E-state index in [1.165, 1.54) is 0 Å². The van der Waals surface area contributed by atoms with Crippen LogP contribution < -0.4 is 10.6 Å². The molecule has 0 fully saturated rings. The summed E-state index contributed by atoms with van der Waals surface area (Å²) >= 11 is 4.93. The fraction of sp³-hybridized carbons (Fsp3) is 0.231. The van der Waals surface area contributed by atoms with Gasteiger partial charge in [-0.15, -0.1) is 0 Å². The third-order valence-corrected chi connectivity index (χ3v) is 2.89. The van der Waals surface area contributed by atoms with Gasteiger partial charge < -0.3 is 10.6 Å². The first-order valence-corrected chi connectivity index (χ1v) is 6.38. The van der Waals surface area contributed by atoms with Gasteiger partial charge in [0, 0.05) is 31.7 Å². The predicted octanol–water partition coefficient (Wildman–Crippen LogP) is 1.53. The summed E-state index contributed by atoms with van der Waals surface area (Å²) < 4.78 is 0. The number of nitrogens with two attached hydrogens (primary N) is 1. The van der Waals surface area contributed by atoms with Crippen molar-refractivity contribution in [3.63, 3.8) is 0 Å². The topological polar surface area (TPSA) is 67.9 Å². The van der Waals surface area contributed by atoms with E-state index in [0.29, 0.717) is 11.6 Å². The van der Waals surface area contributed by atoms with Crippen LogP contribution in [0.3, 0.4) is 0 Å². The minimum Gasteiger partial charge on any atom is -0.388 e. The third-order valence-electron chi connectivity index (χ3n) is 2.68. The van der Waals surface area contributed by atoms with Crippen LogP contribution in [0, 0.1) is 0 Å². The van der Waals surface area contributed by atoms with Crippen LogP contribution in [-0.4, -0.2) is 26.5 Å². The molecule has 0 spiro atoms. The Kier molecular flexibility index (Phi) is 4.35.